The van der Waals surface area contributed by atoms with Crippen LogP contribution in [0.25, 0.3) is 0 Å². The molecule has 0 aromatic heterocycles. The molecule has 0 saturated carbocycles. The molecule has 0 aromatic rings. The van der Waals surface area contributed by atoms with Gasteiger partial charge in [0.1, 0.15) is 0 Å². The molecule has 2 heteroatoms. The number of halogens is 1. The number of allylic oxidation sites excluding steroid dienone is 5. The van der Waals surface area contributed by atoms with Crippen LogP contribution in [0, 0.1) is 5.92 Å². The maximum Gasteiger partial charge on any atom is 0.0399 e. The largest absolute Gasteiger partial charge is 0.316 e. The van der Waals surface area contributed by atoms with Crippen molar-refractivity contribution in [2.24, 2.45) is 5.92 Å². The lowest BCUT2D eigenvalue weighted by Gasteiger charge is -2.01. The molecule has 0 amide bonds. The minimum Gasteiger partial charge on any atom is -0.316 e. The maximum absolute atomic E-state index is 5.74. The zero-order valence-electron chi connectivity index (χ0n) is 7.80. The van der Waals surface area contributed by atoms with Crippen molar-refractivity contribution in [2.75, 3.05) is 13.1 Å². The summed E-state index contributed by atoms with van der Waals surface area (Å²) in [5.41, 5.74) is 0. The summed E-state index contributed by atoms with van der Waals surface area (Å²) in [5, 5.41) is 4.04. The Hall–Kier alpha value is -0.530. The van der Waals surface area contributed by atoms with Crippen molar-refractivity contribution in [2.45, 2.75) is 12.8 Å². The van der Waals surface area contributed by atoms with Gasteiger partial charge in [-0.1, -0.05) is 36.4 Å². The van der Waals surface area contributed by atoms with Crippen LogP contribution in [0.2, 0.25) is 0 Å². The third-order valence-corrected chi connectivity index (χ3v) is 2.50. The Balaban J connectivity index is 2.20. The second kappa shape index (κ2) is 6.01. The SMILES string of the molecule is C=C/C(Cl)=C\C=C/C[C@@H]1CCNC1. The fourth-order valence-electron chi connectivity index (χ4n) is 1.41. The molecule has 1 aliphatic heterocycles. The van der Waals surface area contributed by atoms with E-state index < -0.39 is 0 Å². The van der Waals surface area contributed by atoms with Gasteiger partial charge in [0.15, 0.2) is 0 Å². The van der Waals surface area contributed by atoms with E-state index in [9.17, 15) is 0 Å². The highest BCUT2D eigenvalue weighted by Gasteiger charge is 2.11. The molecule has 0 radical (unpaired) electrons. The highest BCUT2D eigenvalue weighted by molar-refractivity contribution is 6.31. The highest BCUT2D eigenvalue weighted by atomic mass is 35.5. The lowest BCUT2D eigenvalue weighted by Crippen LogP contribution is -2.08. The summed E-state index contributed by atoms with van der Waals surface area (Å²) >= 11 is 5.74. The normalized spacial score (nSPS) is 24.1. The van der Waals surface area contributed by atoms with E-state index in [1.165, 1.54) is 13.0 Å². The van der Waals surface area contributed by atoms with Crippen molar-refractivity contribution in [3.05, 3.63) is 35.9 Å². The first kappa shape index (κ1) is 10.6. The molecule has 0 aliphatic carbocycles. The summed E-state index contributed by atoms with van der Waals surface area (Å²) in [6, 6.07) is 0. The second-order valence-electron chi connectivity index (χ2n) is 3.28. The molecule has 0 bridgehead atoms. The van der Waals surface area contributed by atoms with E-state index in [1.54, 1.807) is 6.08 Å². The van der Waals surface area contributed by atoms with Gasteiger partial charge in [-0.2, -0.15) is 0 Å². The van der Waals surface area contributed by atoms with Gasteiger partial charge in [-0.3, -0.25) is 0 Å². The summed E-state index contributed by atoms with van der Waals surface area (Å²) in [4.78, 5) is 0. The Kier molecular flexibility index (Phi) is 4.87. The Morgan fingerprint density at radius 3 is 3.08 bits per heavy atom. The first-order chi connectivity index (χ1) is 6.33. The molecule has 1 heterocycles. The van der Waals surface area contributed by atoms with Crippen molar-refractivity contribution in [3.8, 4) is 0 Å². The highest BCUT2D eigenvalue weighted by Crippen LogP contribution is 2.12. The van der Waals surface area contributed by atoms with Crippen LogP contribution < -0.4 is 5.32 Å². The average molecular weight is 198 g/mol. The standard InChI is InChI=1S/C11H16ClN/c1-2-11(12)6-4-3-5-10-7-8-13-9-10/h2-4,6,10,13H,1,5,7-9H2/b4-3-,11-6+/t10-/m1/s1. The van der Waals surface area contributed by atoms with Crippen LogP contribution in [0.3, 0.4) is 0 Å². The molecule has 13 heavy (non-hydrogen) atoms. The molecule has 1 rings (SSSR count). The van der Waals surface area contributed by atoms with Crippen LogP contribution >= 0.6 is 11.6 Å². The quantitative estimate of drug-likeness (QED) is 0.684. The van der Waals surface area contributed by atoms with Gasteiger partial charge in [0.25, 0.3) is 0 Å². The summed E-state index contributed by atoms with van der Waals surface area (Å²) < 4.78 is 0. The summed E-state index contributed by atoms with van der Waals surface area (Å²) in [6.07, 6.45) is 10.1. The van der Waals surface area contributed by atoms with Crippen molar-refractivity contribution in [1.29, 1.82) is 0 Å². The van der Waals surface area contributed by atoms with E-state index in [0.29, 0.717) is 5.03 Å². The average Bonchev–Trinajstić information content (AvgIpc) is 2.64. The number of rotatable bonds is 4. The fraction of sp³-hybridized carbons (Fsp3) is 0.455. The Bertz CT molecular complexity index is 212. The van der Waals surface area contributed by atoms with Crippen LogP contribution in [0.5, 0.6) is 0 Å². The molecule has 1 saturated heterocycles. The van der Waals surface area contributed by atoms with Crippen LogP contribution in [0.1, 0.15) is 12.8 Å². The van der Waals surface area contributed by atoms with E-state index in [2.05, 4.69) is 18.0 Å². The van der Waals surface area contributed by atoms with E-state index in [-0.39, 0.29) is 0 Å². The summed E-state index contributed by atoms with van der Waals surface area (Å²) in [7, 11) is 0. The molecule has 1 aliphatic rings. The van der Waals surface area contributed by atoms with Crippen molar-refractivity contribution >= 4 is 11.6 Å². The fourth-order valence-corrected chi connectivity index (χ4v) is 1.49. The zero-order valence-corrected chi connectivity index (χ0v) is 8.56. The number of hydrogen-bond acceptors (Lipinski definition) is 1. The molecular formula is C11H16ClN. The van der Waals surface area contributed by atoms with E-state index in [1.807, 2.05) is 12.2 Å². The van der Waals surface area contributed by atoms with Gasteiger partial charge in [-0.15, -0.1) is 0 Å². The lowest BCUT2D eigenvalue weighted by molar-refractivity contribution is 0.593. The number of nitrogens with one attached hydrogen (secondary N) is 1. The Labute approximate surface area is 85.2 Å². The van der Waals surface area contributed by atoms with Gasteiger partial charge >= 0.3 is 0 Å². The van der Waals surface area contributed by atoms with Crippen molar-refractivity contribution < 1.29 is 0 Å². The Morgan fingerprint density at radius 1 is 1.62 bits per heavy atom. The minimum absolute atomic E-state index is 0.695. The van der Waals surface area contributed by atoms with Crippen LogP contribution in [-0.2, 0) is 0 Å². The molecule has 1 fully saturated rings. The molecule has 1 N–H and O–H groups in total. The Morgan fingerprint density at radius 2 is 2.46 bits per heavy atom. The molecule has 0 unspecified atom stereocenters. The summed E-state index contributed by atoms with van der Waals surface area (Å²) in [5.74, 6) is 0.812. The molecule has 0 spiro atoms. The number of hydrogen-bond donors (Lipinski definition) is 1. The predicted octanol–water partition coefficient (Wildman–Crippen LogP) is 2.85. The molecule has 1 nitrogen and oxygen atoms in total. The molecule has 72 valence electrons. The van der Waals surface area contributed by atoms with Crippen LogP contribution in [-0.4, -0.2) is 13.1 Å². The van der Waals surface area contributed by atoms with Gasteiger partial charge in [0, 0.05) is 5.03 Å². The monoisotopic (exact) mass is 197 g/mol. The lowest BCUT2D eigenvalue weighted by atomic mass is 10.1. The van der Waals surface area contributed by atoms with E-state index in [0.717, 1.165) is 18.9 Å². The van der Waals surface area contributed by atoms with Gasteiger partial charge in [0.05, 0.1) is 0 Å². The third-order valence-electron chi connectivity index (χ3n) is 2.22. The second-order valence-corrected chi connectivity index (χ2v) is 3.71. The molecule has 0 aromatic carbocycles. The first-order valence-corrected chi connectivity index (χ1v) is 5.06. The van der Waals surface area contributed by atoms with Crippen molar-refractivity contribution in [1.82, 2.24) is 5.32 Å². The van der Waals surface area contributed by atoms with Crippen LogP contribution in [0.4, 0.5) is 0 Å². The smallest absolute Gasteiger partial charge is 0.0399 e. The zero-order chi connectivity index (χ0) is 9.52. The maximum atomic E-state index is 5.74. The topological polar surface area (TPSA) is 12.0 Å². The van der Waals surface area contributed by atoms with Gasteiger partial charge < -0.3 is 5.32 Å². The first-order valence-electron chi connectivity index (χ1n) is 4.68. The predicted molar refractivity (Wildman–Crippen MR) is 58.9 cm³/mol. The molecular weight excluding hydrogens is 182 g/mol. The van der Waals surface area contributed by atoms with Crippen LogP contribution in [0.15, 0.2) is 35.9 Å². The van der Waals surface area contributed by atoms with E-state index in [4.69, 9.17) is 11.6 Å². The molecule has 1 atom stereocenters. The summed E-state index contributed by atoms with van der Waals surface area (Å²) in [6.45, 7) is 5.90. The minimum atomic E-state index is 0.695. The van der Waals surface area contributed by atoms with Gasteiger partial charge in [0.2, 0.25) is 0 Å². The van der Waals surface area contributed by atoms with Gasteiger partial charge in [-0.25, -0.2) is 0 Å². The third kappa shape index (κ3) is 4.30. The van der Waals surface area contributed by atoms with E-state index >= 15 is 0 Å². The van der Waals surface area contributed by atoms with Gasteiger partial charge in [-0.05, 0) is 37.9 Å². The van der Waals surface area contributed by atoms with Crippen molar-refractivity contribution in [3.63, 3.8) is 0 Å².